The third-order valence-corrected chi connectivity index (χ3v) is 5.84. The monoisotopic (exact) mass is 314 g/mol. The summed E-state index contributed by atoms with van der Waals surface area (Å²) in [6.45, 7) is 3.70. The average Bonchev–Trinajstić information content (AvgIpc) is 2.38. The first-order valence-corrected chi connectivity index (χ1v) is 8.05. The molecule has 0 radical (unpaired) electrons. The van der Waals surface area contributed by atoms with Crippen LogP contribution in [0.15, 0.2) is 23.1 Å². The Morgan fingerprint density at radius 2 is 1.90 bits per heavy atom. The normalized spacial score (nSPS) is 19.4. The van der Waals surface area contributed by atoms with E-state index in [1.807, 2.05) is 0 Å². The highest BCUT2D eigenvalue weighted by Crippen LogP contribution is 2.29. The van der Waals surface area contributed by atoms with Crippen LogP contribution in [0.3, 0.4) is 0 Å². The molecule has 0 spiro atoms. The number of hydrogen-bond donors (Lipinski definition) is 1. The minimum absolute atomic E-state index is 0.0433. The Kier molecular flexibility index (Phi) is 4.05. The molecule has 1 heterocycles. The fourth-order valence-corrected chi connectivity index (χ4v) is 4.01. The zero-order valence-corrected chi connectivity index (χ0v) is 12.8. The van der Waals surface area contributed by atoms with Crippen molar-refractivity contribution in [1.29, 1.82) is 0 Å². The number of nitro groups is 1. The van der Waals surface area contributed by atoms with Crippen molar-refractivity contribution in [3.63, 3.8) is 0 Å². The molecular formula is C13H18N2O5S. The van der Waals surface area contributed by atoms with Gasteiger partial charge >= 0.3 is 0 Å². The molecule has 0 atom stereocenters. The van der Waals surface area contributed by atoms with E-state index < -0.39 is 20.5 Å². The number of sulfonamides is 1. The van der Waals surface area contributed by atoms with E-state index in [1.165, 1.54) is 16.4 Å². The molecule has 1 saturated heterocycles. The summed E-state index contributed by atoms with van der Waals surface area (Å²) in [7, 11) is -3.78. The van der Waals surface area contributed by atoms with Crippen LogP contribution in [0, 0.1) is 17.0 Å². The Morgan fingerprint density at radius 3 is 2.43 bits per heavy atom. The van der Waals surface area contributed by atoms with Gasteiger partial charge in [-0.05, 0) is 32.3 Å². The van der Waals surface area contributed by atoms with Gasteiger partial charge in [-0.2, -0.15) is 4.31 Å². The Balaban J connectivity index is 2.36. The van der Waals surface area contributed by atoms with E-state index in [0.717, 1.165) is 6.07 Å². The number of nitro benzene ring substituents is 1. The van der Waals surface area contributed by atoms with Gasteiger partial charge in [0, 0.05) is 25.2 Å². The molecule has 1 aromatic carbocycles. The van der Waals surface area contributed by atoms with Crippen LogP contribution in [0.2, 0.25) is 0 Å². The average molecular weight is 314 g/mol. The van der Waals surface area contributed by atoms with Gasteiger partial charge in [0.05, 0.1) is 15.4 Å². The van der Waals surface area contributed by atoms with Gasteiger partial charge in [0.25, 0.3) is 5.69 Å². The van der Waals surface area contributed by atoms with Gasteiger partial charge in [0.2, 0.25) is 10.0 Å². The molecule has 0 aromatic heterocycles. The van der Waals surface area contributed by atoms with E-state index in [-0.39, 0.29) is 23.7 Å². The highest BCUT2D eigenvalue weighted by molar-refractivity contribution is 7.89. The van der Waals surface area contributed by atoms with Gasteiger partial charge in [0.1, 0.15) is 0 Å². The smallest absolute Gasteiger partial charge is 0.270 e. The third kappa shape index (κ3) is 3.22. The van der Waals surface area contributed by atoms with Crippen molar-refractivity contribution in [2.24, 2.45) is 0 Å². The van der Waals surface area contributed by atoms with Crippen LogP contribution in [0.1, 0.15) is 25.3 Å². The predicted octanol–water partition coefficient (Wildman–Crippen LogP) is 1.44. The van der Waals surface area contributed by atoms with Crippen LogP contribution in [0.25, 0.3) is 0 Å². The van der Waals surface area contributed by atoms with Crippen molar-refractivity contribution in [3.05, 3.63) is 33.9 Å². The Morgan fingerprint density at radius 1 is 1.33 bits per heavy atom. The number of aliphatic hydroxyl groups is 1. The van der Waals surface area contributed by atoms with E-state index in [4.69, 9.17) is 0 Å². The molecule has 0 saturated carbocycles. The number of rotatable bonds is 3. The fraction of sp³-hybridized carbons (Fsp3) is 0.538. The summed E-state index contributed by atoms with van der Waals surface area (Å²) < 4.78 is 26.5. The van der Waals surface area contributed by atoms with Crippen molar-refractivity contribution in [3.8, 4) is 0 Å². The lowest BCUT2D eigenvalue weighted by Crippen LogP contribution is -2.45. The van der Waals surface area contributed by atoms with Crippen LogP contribution in [0.5, 0.6) is 0 Å². The minimum Gasteiger partial charge on any atom is -0.390 e. The summed E-state index contributed by atoms with van der Waals surface area (Å²) in [6.07, 6.45) is 0.695. The highest BCUT2D eigenvalue weighted by atomic mass is 32.2. The molecule has 1 N–H and O–H groups in total. The second-order valence-electron chi connectivity index (χ2n) is 5.61. The maximum absolute atomic E-state index is 12.6. The van der Waals surface area contributed by atoms with Crippen molar-refractivity contribution in [2.45, 2.75) is 37.2 Å². The maximum Gasteiger partial charge on any atom is 0.270 e. The van der Waals surface area contributed by atoms with Gasteiger partial charge in [-0.25, -0.2) is 8.42 Å². The molecule has 1 aliphatic heterocycles. The number of piperidine rings is 1. The Bertz CT molecular complexity index is 659. The molecule has 1 aromatic rings. The van der Waals surface area contributed by atoms with Crippen LogP contribution < -0.4 is 0 Å². The first kappa shape index (κ1) is 15.9. The quantitative estimate of drug-likeness (QED) is 0.672. The van der Waals surface area contributed by atoms with Crippen molar-refractivity contribution < 1.29 is 18.4 Å². The molecule has 0 amide bonds. The van der Waals surface area contributed by atoms with Crippen LogP contribution >= 0.6 is 0 Å². The molecule has 116 valence electrons. The number of non-ortho nitro benzene ring substituents is 1. The second kappa shape index (κ2) is 5.36. The van der Waals surface area contributed by atoms with Crippen molar-refractivity contribution >= 4 is 15.7 Å². The summed E-state index contributed by atoms with van der Waals surface area (Å²) in [6, 6.07) is 3.82. The molecule has 2 rings (SSSR count). The highest BCUT2D eigenvalue weighted by Gasteiger charge is 2.35. The molecule has 8 heteroatoms. The topological polar surface area (TPSA) is 101 Å². The summed E-state index contributed by atoms with van der Waals surface area (Å²) in [5, 5.41) is 20.7. The molecule has 0 bridgehead atoms. The van der Waals surface area contributed by atoms with Gasteiger partial charge < -0.3 is 5.11 Å². The van der Waals surface area contributed by atoms with Crippen molar-refractivity contribution in [1.82, 2.24) is 4.31 Å². The number of benzene rings is 1. The maximum atomic E-state index is 12.6. The van der Waals surface area contributed by atoms with Crippen LogP contribution in [0.4, 0.5) is 5.69 Å². The molecule has 21 heavy (non-hydrogen) atoms. The molecule has 0 aliphatic carbocycles. The standard InChI is InChI=1S/C13H18N2O5S/c1-10-3-4-11(15(17)18)9-12(10)21(19,20)14-7-5-13(2,16)6-8-14/h3-4,9,16H,5-8H2,1-2H3. The van der Waals surface area contributed by atoms with Gasteiger partial charge in [-0.3, -0.25) is 10.1 Å². The molecule has 1 fully saturated rings. The van der Waals surface area contributed by atoms with Gasteiger partial charge in [-0.15, -0.1) is 0 Å². The SMILES string of the molecule is Cc1ccc([N+](=O)[O-])cc1S(=O)(=O)N1CCC(C)(O)CC1. The molecule has 0 unspecified atom stereocenters. The lowest BCUT2D eigenvalue weighted by atomic mass is 9.95. The Labute approximate surface area is 123 Å². The molecule has 1 aliphatic rings. The Hall–Kier alpha value is -1.51. The summed E-state index contributed by atoms with van der Waals surface area (Å²) >= 11 is 0. The lowest BCUT2D eigenvalue weighted by Gasteiger charge is -2.35. The summed E-state index contributed by atoms with van der Waals surface area (Å²) in [5.74, 6) is 0. The third-order valence-electron chi connectivity index (χ3n) is 3.80. The van der Waals surface area contributed by atoms with Crippen molar-refractivity contribution in [2.75, 3.05) is 13.1 Å². The molecule has 7 nitrogen and oxygen atoms in total. The zero-order valence-electron chi connectivity index (χ0n) is 11.9. The lowest BCUT2D eigenvalue weighted by molar-refractivity contribution is -0.385. The summed E-state index contributed by atoms with van der Waals surface area (Å²) in [4.78, 5) is 10.2. The molecular weight excluding hydrogens is 296 g/mol. The number of nitrogens with zero attached hydrogens (tertiary/aromatic N) is 2. The van der Waals surface area contributed by atoms with E-state index in [1.54, 1.807) is 13.8 Å². The van der Waals surface area contributed by atoms with E-state index in [9.17, 15) is 23.6 Å². The fourth-order valence-electron chi connectivity index (χ4n) is 2.33. The first-order valence-electron chi connectivity index (χ1n) is 6.61. The van der Waals surface area contributed by atoms with Gasteiger partial charge in [-0.1, -0.05) is 6.07 Å². The van der Waals surface area contributed by atoms with Crippen LogP contribution in [-0.4, -0.2) is 41.4 Å². The number of hydrogen-bond acceptors (Lipinski definition) is 5. The van der Waals surface area contributed by atoms with E-state index >= 15 is 0 Å². The first-order chi connectivity index (χ1) is 9.63. The van der Waals surface area contributed by atoms with E-state index in [2.05, 4.69) is 0 Å². The van der Waals surface area contributed by atoms with Gasteiger partial charge in [0.15, 0.2) is 0 Å². The predicted molar refractivity (Wildman–Crippen MR) is 76.5 cm³/mol. The zero-order chi connectivity index (χ0) is 15.8. The largest absolute Gasteiger partial charge is 0.390 e. The van der Waals surface area contributed by atoms with E-state index in [0.29, 0.717) is 18.4 Å². The number of aryl methyl sites for hydroxylation is 1. The second-order valence-corrected chi connectivity index (χ2v) is 7.51. The van der Waals surface area contributed by atoms with Crippen LogP contribution in [-0.2, 0) is 10.0 Å². The minimum atomic E-state index is -3.78. The summed E-state index contributed by atoms with van der Waals surface area (Å²) in [5.41, 5.74) is -0.634.